The first kappa shape index (κ1) is 15.3. The molecule has 0 saturated heterocycles. The minimum atomic E-state index is 0. The Morgan fingerprint density at radius 2 is 1.77 bits per heavy atom. The minimum Gasteiger partial charge on any atom is -0.309 e. The summed E-state index contributed by atoms with van der Waals surface area (Å²) >= 11 is 0. The Kier molecular flexibility index (Phi) is 9.91. The van der Waals surface area contributed by atoms with Crippen molar-refractivity contribution < 1.29 is 0 Å². The fourth-order valence-corrected chi connectivity index (χ4v) is 1.25. The summed E-state index contributed by atoms with van der Waals surface area (Å²) in [4.78, 5) is 0. The molecule has 13 heavy (non-hydrogen) atoms. The Morgan fingerprint density at radius 3 is 2.15 bits per heavy atom. The zero-order valence-electron chi connectivity index (χ0n) is 8.14. The van der Waals surface area contributed by atoms with Crippen molar-refractivity contribution in [3.8, 4) is 0 Å². The molecule has 0 aliphatic carbocycles. The van der Waals surface area contributed by atoms with E-state index >= 15 is 0 Å². The van der Waals surface area contributed by atoms with E-state index in [9.17, 15) is 0 Å². The van der Waals surface area contributed by atoms with Crippen LogP contribution in [0.5, 0.6) is 0 Å². The van der Waals surface area contributed by atoms with Gasteiger partial charge in [-0.1, -0.05) is 26.0 Å². The van der Waals surface area contributed by atoms with E-state index in [2.05, 4.69) is 48.3 Å². The van der Waals surface area contributed by atoms with Gasteiger partial charge in [0.25, 0.3) is 0 Å². The van der Waals surface area contributed by atoms with E-state index in [4.69, 9.17) is 0 Å². The fourth-order valence-electron chi connectivity index (χ4n) is 1.25. The predicted molar refractivity (Wildman–Crippen MR) is 62.4 cm³/mol. The summed E-state index contributed by atoms with van der Waals surface area (Å²) < 4.78 is 0. The van der Waals surface area contributed by atoms with Crippen LogP contribution >= 0.6 is 24.8 Å². The van der Waals surface area contributed by atoms with Crippen molar-refractivity contribution in [1.29, 1.82) is 0 Å². The molecule has 2 nitrogen and oxygen atoms in total. The van der Waals surface area contributed by atoms with Crippen molar-refractivity contribution in [2.24, 2.45) is 0 Å². The first-order valence-electron chi connectivity index (χ1n) is 4.23. The maximum atomic E-state index is 2.31. The van der Waals surface area contributed by atoms with Crippen molar-refractivity contribution >= 4 is 24.8 Å². The maximum Gasteiger partial charge on any atom is 0.0524 e. The lowest BCUT2D eigenvalue weighted by atomic mass is 10.4. The van der Waals surface area contributed by atoms with E-state index < -0.39 is 0 Å². The molecule has 0 fully saturated rings. The van der Waals surface area contributed by atoms with Crippen LogP contribution < -0.4 is 0 Å². The van der Waals surface area contributed by atoms with Gasteiger partial charge >= 0.3 is 0 Å². The molecule has 0 aromatic rings. The van der Waals surface area contributed by atoms with Gasteiger partial charge in [-0.15, -0.1) is 24.8 Å². The number of rotatable bonds is 3. The molecule has 4 heteroatoms. The molecule has 0 spiro atoms. The molecule has 1 aliphatic rings. The van der Waals surface area contributed by atoms with Gasteiger partial charge in [-0.05, 0) is 6.08 Å². The molecule has 78 valence electrons. The highest BCUT2D eigenvalue weighted by Crippen LogP contribution is 2.02. The van der Waals surface area contributed by atoms with Crippen LogP contribution in [0.2, 0.25) is 0 Å². The van der Waals surface area contributed by atoms with Crippen LogP contribution in [0.15, 0.2) is 24.4 Å². The Morgan fingerprint density at radius 1 is 1.15 bits per heavy atom. The summed E-state index contributed by atoms with van der Waals surface area (Å²) in [5.41, 5.74) is 0. The smallest absolute Gasteiger partial charge is 0.0524 e. The second kappa shape index (κ2) is 8.42. The quantitative estimate of drug-likeness (QED) is 0.728. The summed E-state index contributed by atoms with van der Waals surface area (Å²) in [6.45, 7) is 7.52. The number of nitrogens with zero attached hydrogens (tertiary/aromatic N) is 2. The first-order valence-corrected chi connectivity index (χ1v) is 4.23. The summed E-state index contributed by atoms with van der Waals surface area (Å²) in [5, 5.41) is 4.54. The first-order chi connectivity index (χ1) is 5.38. The van der Waals surface area contributed by atoms with Crippen LogP contribution in [0.4, 0.5) is 0 Å². The van der Waals surface area contributed by atoms with Gasteiger partial charge in [-0.25, -0.2) is 5.01 Å². The van der Waals surface area contributed by atoms with E-state index in [1.54, 1.807) is 0 Å². The highest BCUT2D eigenvalue weighted by Gasteiger charge is 2.06. The van der Waals surface area contributed by atoms with Crippen LogP contribution in [-0.4, -0.2) is 29.7 Å². The highest BCUT2D eigenvalue weighted by atomic mass is 35.5. The van der Waals surface area contributed by atoms with Gasteiger partial charge in [-0.2, -0.15) is 0 Å². The van der Waals surface area contributed by atoms with Crippen LogP contribution in [0.1, 0.15) is 13.8 Å². The van der Waals surface area contributed by atoms with Gasteiger partial charge in [0.2, 0.25) is 0 Å². The molecular formula is C9H18Cl2N2. The third kappa shape index (κ3) is 4.55. The molecular weight excluding hydrogens is 207 g/mol. The predicted octanol–water partition coefficient (Wildman–Crippen LogP) is 2.47. The summed E-state index contributed by atoms with van der Waals surface area (Å²) in [6.07, 6.45) is 8.44. The topological polar surface area (TPSA) is 6.48 Å². The second-order valence-corrected chi connectivity index (χ2v) is 2.53. The van der Waals surface area contributed by atoms with E-state index in [1.807, 2.05) is 0 Å². The number of hydrogen-bond donors (Lipinski definition) is 0. The largest absolute Gasteiger partial charge is 0.309 e. The Labute approximate surface area is 93.1 Å². The zero-order chi connectivity index (χ0) is 8.10. The monoisotopic (exact) mass is 224 g/mol. The third-order valence-corrected chi connectivity index (χ3v) is 1.89. The molecule has 0 unspecified atom stereocenters. The average Bonchev–Trinajstić information content (AvgIpc) is 2.09. The van der Waals surface area contributed by atoms with E-state index in [0.29, 0.717) is 0 Å². The zero-order valence-corrected chi connectivity index (χ0v) is 9.77. The normalized spacial score (nSPS) is 13.9. The molecule has 0 aromatic carbocycles. The van der Waals surface area contributed by atoms with Crippen LogP contribution in [0, 0.1) is 0 Å². The van der Waals surface area contributed by atoms with Crippen LogP contribution in [0.3, 0.4) is 0 Å². The molecule has 0 atom stereocenters. The van der Waals surface area contributed by atoms with Crippen molar-refractivity contribution in [3.63, 3.8) is 0 Å². The molecule has 0 amide bonds. The van der Waals surface area contributed by atoms with Crippen molar-refractivity contribution in [1.82, 2.24) is 10.0 Å². The van der Waals surface area contributed by atoms with Crippen molar-refractivity contribution in [2.75, 3.05) is 19.6 Å². The number of halogens is 2. The SMILES string of the molecule is CCN(CC)N1C=CC=CC1.Cl.Cl. The van der Waals surface area contributed by atoms with Gasteiger partial charge in [0.15, 0.2) is 0 Å². The van der Waals surface area contributed by atoms with Gasteiger partial charge in [0.1, 0.15) is 0 Å². The molecule has 0 saturated carbocycles. The summed E-state index contributed by atoms with van der Waals surface area (Å²) in [7, 11) is 0. The summed E-state index contributed by atoms with van der Waals surface area (Å²) in [6, 6.07) is 0. The summed E-state index contributed by atoms with van der Waals surface area (Å²) in [5.74, 6) is 0. The minimum absolute atomic E-state index is 0. The number of hydrogen-bond acceptors (Lipinski definition) is 2. The molecule has 1 aliphatic heterocycles. The Bertz CT molecular complexity index is 165. The lowest BCUT2D eigenvalue weighted by Crippen LogP contribution is -2.39. The number of allylic oxidation sites excluding steroid dienone is 2. The lowest BCUT2D eigenvalue weighted by molar-refractivity contribution is 0.0432. The van der Waals surface area contributed by atoms with Gasteiger partial charge < -0.3 is 5.01 Å². The maximum absolute atomic E-state index is 2.31. The van der Waals surface area contributed by atoms with Gasteiger partial charge in [-0.3, -0.25) is 0 Å². The molecule has 1 rings (SSSR count). The van der Waals surface area contributed by atoms with Crippen LogP contribution in [-0.2, 0) is 0 Å². The van der Waals surface area contributed by atoms with E-state index in [-0.39, 0.29) is 24.8 Å². The lowest BCUT2D eigenvalue weighted by Gasteiger charge is -2.32. The second-order valence-electron chi connectivity index (χ2n) is 2.53. The fraction of sp³-hybridized carbons (Fsp3) is 0.556. The third-order valence-electron chi connectivity index (χ3n) is 1.89. The molecule has 0 N–H and O–H groups in total. The van der Waals surface area contributed by atoms with E-state index in [1.165, 1.54) is 0 Å². The standard InChI is InChI=1S/C9H16N2.2ClH/c1-3-10(4-2)11-8-6-5-7-9-11;;/h5-8H,3-4,9H2,1-2H3;2*1H. The van der Waals surface area contributed by atoms with Crippen molar-refractivity contribution in [3.05, 3.63) is 24.4 Å². The molecule has 1 heterocycles. The molecule has 0 radical (unpaired) electrons. The highest BCUT2D eigenvalue weighted by molar-refractivity contribution is 5.85. The average molecular weight is 225 g/mol. The van der Waals surface area contributed by atoms with E-state index in [0.717, 1.165) is 19.6 Å². The Hall–Kier alpha value is -0.180. The molecule has 0 aromatic heterocycles. The van der Waals surface area contributed by atoms with Crippen LogP contribution in [0.25, 0.3) is 0 Å². The number of hydrazine groups is 1. The van der Waals surface area contributed by atoms with Gasteiger partial charge in [0, 0.05) is 19.3 Å². The molecule has 0 bridgehead atoms. The van der Waals surface area contributed by atoms with Gasteiger partial charge in [0.05, 0.1) is 6.54 Å². The van der Waals surface area contributed by atoms with Crippen molar-refractivity contribution in [2.45, 2.75) is 13.8 Å². The Balaban J connectivity index is 0.